The second kappa shape index (κ2) is 4.39. The van der Waals surface area contributed by atoms with Crippen LogP contribution in [0.25, 0.3) is 6.08 Å². The molecule has 0 bridgehead atoms. The van der Waals surface area contributed by atoms with Crippen LogP contribution in [0.4, 0.5) is 0 Å². The van der Waals surface area contributed by atoms with Crippen molar-refractivity contribution < 1.29 is 0 Å². The van der Waals surface area contributed by atoms with Gasteiger partial charge < -0.3 is 0 Å². The molecule has 0 radical (unpaired) electrons. The number of pyridine rings is 1. The summed E-state index contributed by atoms with van der Waals surface area (Å²) < 4.78 is 1.77. The van der Waals surface area contributed by atoms with Crippen molar-refractivity contribution in [3.8, 4) is 6.07 Å². The Kier molecular flexibility index (Phi) is 3.45. The zero-order valence-electron chi connectivity index (χ0n) is 5.96. The lowest BCUT2D eigenvalue weighted by Crippen LogP contribution is -1.81. The number of halogens is 2. The maximum Gasteiger partial charge on any atom is 0.0912 e. The molecule has 0 aromatic carbocycles. The third kappa shape index (κ3) is 2.43. The van der Waals surface area contributed by atoms with E-state index in [1.807, 2.05) is 12.1 Å². The van der Waals surface area contributed by atoms with Gasteiger partial charge in [0.1, 0.15) is 0 Å². The van der Waals surface area contributed by atoms with Crippen LogP contribution in [0.2, 0.25) is 0 Å². The van der Waals surface area contributed by atoms with E-state index < -0.39 is 0 Å². The Labute approximate surface area is 87.2 Å². The van der Waals surface area contributed by atoms with Gasteiger partial charge in [-0.25, -0.2) is 0 Å². The highest BCUT2D eigenvalue weighted by Gasteiger charge is 1.97. The van der Waals surface area contributed by atoms with Crippen molar-refractivity contribution in [2.45, 2.75) is 0 Å². The predicted molar refractivity (Wildman–Crippen MR) is 54.3 cm³/mol. The van der Waals surface area contributed by atoms with Crippen LogP contribution in [0.3, 0.4) is 0 Å². The van der Waals surface area contributed by atoms with Gasteiger partial charge in [-0.3, -0.25) is 4.98 Å². The van der Waals surface area contributed by atoms with E-state index in [4.69, 9.17) is 5.26 Å². The number of aromatic nitrogens is 1. The van der Waals surface area contributed by atoms with Crippen LogP contribution in [-0.4, -0.2) is 4.98 Å². The summed E-state index contributed by atoms with van der Waals surface area (Å²) in [7, 11) is 0. The van der Waals surface area contributed by atoms with Crippen LogP contribution in [0.15, 0.2) is 27.3 Å². The first kappa shape index (κ1) is 9.43. The van der Waals surface area contributed by atoms with Gasteiger partial charge in [0.25, 0.3) is 0 Å². The Hall–Kier alpha value is -0.660. The molecular weight excluding hydrogens is 284 g/mol. The molecule has 1 aromatic heterocycles. The molecule has 1 heterocycles. The number of hydrogen-bond donors (Lipinski definition) is 0. The second-order valence-corrected chi connectivity index (χ2v) is 3.75. The number of allylic oxidation sites excluding steroid dienone is 1. The van der Waals surface area contributed by atoms with Crippen LogP contribution in [0, 0.1) is 11.3 Å². The lowest BCUT2D eigenvalue weighted by Gasteiger charge is -1.96. The Morgan fingerprint density at radius 2 is 2.25 bits per heavy atom. The monoisotopic (exact) mass is 286 g/mol. The second-order valence-electron chi connectivity index (χ2n) is 1.98. The zero-order valence-corrected chi connectivity index (χ0v) is 9.13. The fourth-order valence-electron chi connectivity index (χ4n) is 0.664. The molecular formula is C8H4Br2N2. The third-order valence-corrected chi connectivity index (χ3v) is 2.22. The molecule has 0 N–H and O–H groups in total. The third-order valence-electron chi connectivity index (χ3n) is 1.15. The maximum atomic E-state index is 8.28. The molecule has 0 saturated carbocycles. The average Bonchev–Trinajstić information content (AvgIpc) is 2.03. The van der Waals surface area contributed by atoms with Crippen molar-refractivity contribution in [2.75, 3.05) is 0 Å². The Morgan fingerprint density at radius 3 is 2.83 bits per heavy atom. The summed E-state index contributed by atoms with van der Waals surface area (Å²) in [5.74, 6) is 0. The molecule has 1 aromatic rings. The Bertz CT molecular complexity index is 353. The van der Waals surface area contributed by atoms with E-state index in [0.29, 0.717) is 0 Å². The molecule has 4 heteroatoms. The quantitative estimate of drug-likeness (QED) is 0.744. The summed E-state index contributed by atoms with van der Waals surface area (Å²) >= 11 is 6.61. The first-order valence-corrected chi connectivity index (χ1v) is 4.70. The van der Waals surface area contributed by atoms with Crippen LogP contribution in [0.1, 0.15) is 5.69 Å². The molecule has 0 unspecified atom stereocenters. The molecule has 0 aliphatic carbocycles. The van der Waals surface area contributed by atoms with Gasteiger partial charge in [-0.15, -0.1) is 0 Å². The minimum absolute atomic E-state index is 0.750. The van der Waals surface area contributed by atoms with E-state index in [1.165, 1.54) is 6.08 Å². The minimum Gasteiger partial charge on any atom is -0.255 e. The van der Waals surface area contributed by atoms with Gasteiger partial charge in [0, 0.05) is 21.2 Å². The SMILES string of the molecule is N#C/C=C/c1ncc(Br)cc1Br. The van der Waals surface area contributed by atoms with Crippen LogP contribution < -0.4 is 0 Å². The topological polar surface area (TPSA) is 36.7 Å². The zero-order chi connectivity index (χ0) is 8.97. The lowest BCUT2D eigenvalue weighted by atomic mass is 10.3. The number of hydrogen-bond acceptors (Lipinski definition) is 2. The van der Waals surface area contributed by atoms with Gasteiger partial charge in [-0.05, 0) is 44.0 Å². The predicted octanol–water partition coefficient (Wildman–Crippen LogP) is 3.14. The molecule has 0 saturated heterocycles. The maximum absolute atomic E-state index is 8.28. The summed E-state index contributed by atoms with van der Waals surface area (Å²) in [6, 6.07) is 3.78. The van der Waals surface area contributed by atoms with E-state index in [2.05, 4.69) is 36.8 Å². The fourth-order valence-corrected chi connectivity index (χ4v) is 1.78. The van der Waals surface area contributed by atoms with E-state index in [1.54, 1.807) is 12.3 Å². The van der Waals surface area contributed by atoms with Crippen molar-refractivity contribution in [3.63, 3.8) is 0 Å². The largest absolute Gasteiger partial charge is 0.255 e. The molecule has 12 heavy (non-hydrogen) atoms. The summed E-state index contributed by atoms with van der Waals surface area (Å²) in [4.78, 5) is 4.08. The van der Waals surface area contributed by atoms with Gasteiger partial charge in [0.05, 0.1) is 11.8 Å². The van der Waals surface area contributed by atoms with Gasteiger partial charge in [-0.2, -0.15) is 5.26 Å². The molecule has 0 amide bonds. The van der Waals surface area contributed by atoms with E-state index in [9.17, 15) is 0 Å². The van der Waals surface area contributed by atoms with Crippen molar-refractivity contribution >= 4 is 37.9 Å². The Morgan fingerprint density at radius 1 is 1.50 bits per heavy atom. The molecule has 1 rings (SSSR count). The first-order valence-electron chi connectivity index (χ1n) is 3.11. The molecule has 0 atom stereocenters. The summed E-state index contributed by atoms with van der Waals surface area (Å²) in [6.07, 6.45) is 4.72. The highest BCUT2D eigenvalue weighted by molar-refractivity contribution is 9.11. The number of nitrogens with zero attached hydrogens (tertiary/aromatic N) is 2. The molecule has 60 valence electrons. The summed E-state index contributed by atoms with van der Waals surface area (Å²) in [5.41, 5.74) is 0.750. The van der Waals surface area contributed by atoms with Gasteiger partial charge in [0.15, 0.2) is 0 Å². The van der Waals surface area contributed by atoms with Crippen molar-refractivity contribution in [3.05, 3.63) is 33.0 Å². The summed E-state index contributed by atoms with van der Waals surface area (Å²) in [5, 5.41) is 8.28. The van der Waals surface area contributed by atoms with E-state index in [-0.39, 0.29) is 0 Å². The number of nitriles is 1. The molecule has 0 spiro atoms. The Balaban J connectivity index is 3.03. The van der Waals surface area contributed by atoms with Crippen LogP contribution in [-0.2, 0) is 0 Å². The normalized spacial score (nSPS) is 10.1. The smallest absolute Gasteiger partial charge is 0.0912 e. The lowest BCUT2D eigenvalue weighted by molar-refractivity contribution is 1.26. The van der Waals surface area contributed by atoms with Crippen LogP contribution >= 0.6 is 31.9 Å². The van der Waals surface area contributed by atoms with Crippen LogP contribution in [0.5, 0.6) is 0 Å². The average molecular weight is 288 g/mol. The standard InChI is InChI=1S/C8H4Br2N2/c9-6-4-7(10)8(12-5-6)2-1-3-11/h1-2,4-5H/b2-1+. The first-order chi connectivity index (χ1) is 5.74. The number of rotatable bonds is 1. The molecule has 0 fully saturated rings. The highest BCUT2D eigenvalue weighted by Crippen LogP contribution is 2.20. The summed E-state index contributed by atoms with van der Waals surface area (Å²) in [6.45, 7) is 0. The van der Waals surface area contributed by atoms with Gasteiger partial charge in [0.2, 0.25) is 0 Å². The van der Waals surface area contributed by atoms with Crippen molar-refractivity contribution in [2.24, 2.45) is 0 Å². The highest BCUT2D eigenvalue weighted by atomic mass is 79.9. The van der Waals surface area contributed by atoms with Gasteiger partial charge >= 0.3 is 0 Å². The fraction of sp³-hybridized carbons (Fsp3) is 0. The van der Waals surface area contributed by atoms with E-state index in [0.717, 1.165) is 14.6 Å². The molecule has 2 nitrogen and oxygen atoms in total. The van der Waals surface area contributed by atoms with Crippen molar-refractivity contribution in [1.29, 1.82) is 5.26 Å². The molecule has 0 aliphatic rings. The molecule has 0 aliphatic heterocycles. The van der Waals surface area contributed by atoms with Crippen molar-refractivity contribution in [1.82, 2.24) is 4.98 Å². The van der Waals surface area contributed by atoms with E-state index >= 15 is 0 Å². The van der Waals surface area contributed by atoms with Gasteiger partial charge in [-0.1, -0.05) is 0 Å². The minimum atomic E-state index is 0.750.